The highest BCUT2D eigenvalue weighted by Gasteiger charge is 2.61. The van der Waals surface area contributed by atoms with E-state index < -0.39 is 0 Å². The molecule has 0 aromatic heterocycles. The van der Waals surface area contributed by atoms with Crippen LogP contribution in [0, 0.1) is 16.7 Å². The second kappa shape index (κ2) is 3.36. The van der Waals surface area contributed by atoms with Crippen LogP contribution in [0.3, 0.4) is 0 Å². The lowest BCUT2D eigenvalue weighted by molar-refractivity contribution is -0.123. The first-order chi connectivity index (χ1) is 6.64. The average Bonchev–Trinajstić information content (AvgIpc) is 2.93. The van der Waals surface area contributed by atoms with Crippen molar-refractivity contribution in [2.75, 3.05) is 19.6 Å². The Morgan fingerprint density at radius 3 is 2.53 bits per heavy atom. The van der Waals surface area contributed by atoms with Crippen molar-refractivity contribution < 1.29 is 4.79 Å². The normalized spacial score (nSPS) is 32.5. The summed E-state index contributed by atoms with van der Waals surface area (Å²) in [4.78, 5) is 11.7. The molecule has 1 heterocycles. The van der Waals surface area contributed by atoms with Crippen LogP contribution in [0.4, 0.5) is 0 Å². The molecule has 0 aromatic rings. The number of rotatable bonds is 3. The molecule has 1 atom stereocenters. The maximum absolute atomic E-state index is 11.7. The van der Waals surface area contributed by atoms with Crippen LogP contribution in [0.25, 0.3) is 0 Å². The van der Waals surface area contributed by atoms with Crippen molar-refractivity contribution in [3.8, 4) is 0 Å². The number of carbonyl (C=O) groups excluding carboxylic acids is 1. The predicted octanol–water partition coefficient (Wildman–Crippen LogP) is 0.934. The first-order valence-corrected chi connectivity index (χ1v) is 5.62. The molecule has 0 radical (unpaired) electrons. The molecule has 3 fully saturated rings. The van der Waals surface area contributed by atoms with Gasteiger partial charge in [0, 0.05) is 31.0 Å². The average molecular weight is 231 g/mol. The van der Waals surface area contributed by atoms with Gasteiger partial charge in [0.05, 0.1) is 0 Å². The van der Waals surface area contributed by atoms with E-state index in [0.717, 1.165) is 26.1 Å². The van der Waals surface area contributed by atoms with Gasteiger partial charge in [-0.3, -0.25) is 4.79 Å². The third kappa shape index (κ3) is 1.87. The van der Waals surface area contributed by atoms with Crippen LogP contribution in [0.5, 0.6) is 0 Å². The van der Waals surface area contributed by atoms with Gasteiger partial charge in [-0.1, -0.05) is 6.92 Å². The molecular formula is C11H19ClN2O. The Morgan fingerprint density at radius 2 is 2.13 bits per heavy atom. The Bertz CT molecular complexity index is 284. The predicted molar refractivity (Wildman–Crippen MR) is 61.0 cm³/mol. The van der Waals surface area contributed by atoms with Gasteiger partial charge in [0.25, 0.3) is 0 Å². The van der Waals surface area contributed by atoms with E-state index in [1.165, 1.54) is 12.8 Å². The summed E-state index contributed by atoms with van der Waals surface area (Å²) in [5.74, 6) is 0.630. The largest absolute Gasteiger partial charge is 0.355 e. The lowest BCUT2D eigenvalue weighted by Gasteiger charge is -2.28. The maximum Gasteiger partial charge on any atom is 0.223 e. The number of hydrogen-bond donors (Lipinski definition) is 2. The number of halogens is 1. The number of nitrogens with one attached hydrogen (secondary N) is 2. The molecule has 1 aliphatic heterocycles. The smallest absolute Gasteiger partial charge is 0.223 e. The Hall–Kier alpha value is -0.280. The SMILES string of the molecule is CC1(CNC(=O)C2CC23CNC3)CC1.Cl. The van der Waals surface area contributed by atoms with Crippen LogP contribution in [0.15, 0.2) is 0 Å². The lowest BCUT2D eigenvalue weighted by atomic mass is 9.96. The van der Waals surface area contributed by atoms with E-state index in [4.69, 9.17) is 0 Å². The molecule has 1 amide bonds. The maximum atomic E-state index is 11.7. The van der Waals surface area contributed by atoms with Gasteiger partial charge in [0.1, 0.15) is 0 Å². The van der Waals surface area contributed by atoms with Crippen molar-refractivity contribution in [2.45, 2.75) is 26.2 Å². The fourth-order valence-corrected chi connectivity index (χ4v) is 2.37. The highest BCUT2D eigenvalue weighted by atomic mass is 35.5. The summed E-state index contributed by atoms with van der Waals surface area (Å²) in [6.45, 7) is 5.26. The van der Waals surface area contributed by atoms with E-state index >= 15 is 0 Å². The van der Waals surface area contributed by atoms with Gasteiger partial charge in [-0.15, -0.1) is 12.4 Å². The summed E-state index contributed by atoms with van der Waals surface area (Å²) in [5.41, 5.74) is 0.824. The van der Waals surface area contributed by atoms with Crippen LogP contribution in [0.2, 0.25) is 0 Å². The molecule has 0 aromatic carbocycles. The summed E-state index contributed by atoms with van der Waals surface area (Å²) in [6, 6.07) is 0. The Kier molecular flexibility index (Phi) is 2.51. The van der Waals surface area contributed by atoms with E-state index in [-0.39, 0.29) is 12.4 Å². The minimum Gasteiger partial charge on any atom is -0.355 e. The zero-order valence-corrected chi connectivity index (χ0v) is 9.95. The van der Waals surface area contributed by atoms with E-state index in [1.54, 1.807) is 0 Å². The fraction of sp³-hybridized carbons (Fsp3) is 0.909. The number of carbonyl (C=O) groups is 1. The molecule has 1 spiro atoms. The van der Waals surface area contributed by atoms with Gasteiger partial charge in [0.2, 0.25) is 5.91 Å². The number of hydrogen-bond acceptors (Lipinski definition) is 2. The summed E-state index contributed by atoms with van der Waals surface area (Å²) in [5, 5.41) is 6.36. The van der Waals surface area contributed by atoms with E-state index in [0.29, 0.717) is 22.7 Å². The zero-order chi connectivity index (χ0) is 9.81. The van der Waals surface area contributed by atoms with Crippen LogP contribution in [-0.2, 0) is 4.79 Å². The van der Waals surface area contributed by atoms with Gasteiger partial charge >= 0.3 is 0 Å². The third-order valence-corrected chi connectivity index (χ3v) is 4.25. The van der Waals surface area contributed by atoms with Gasteiger partial charge in [-0.25, -0.2) is 0 Å². The topological polar surface area (TPSA) is 41.1 Å². The minimum absolute atomic E-state index is 0. The molecule has 1 unspecified atom stereocenters. The first kappa shape index (κ1) is 11.2. The highest BCUT2D eigenvalue weighted by Crippen LogP contribution is 2.55. The van der Waals surface area contributed by atoms with E-state index in [1.807, 2.05) is 0 Å². The van der Waals surface area contributed by atoms with Crippen LogP contribution >= 0.6 is 12.4 Å². The van der Waals surface area contributed by atoms with Crippen molar-refractivity contribution >= 4 is 18.3 Å². The molecule has 3 nitrogen and oxygen atoms in total. The Labute approximate surface area is 96.8 Å². The third-order valence-electron chi connectivity index (χ3n) is 4.25. The van der Waals surface area contributed by atoms with Crippen molar-refractivity contribution in [3.05, 3.63) is 0 Å². The van der Waals surface area contributed by atoms with E-state index in [2.05, 4.69) is 17.6 Å². The van der Waals surface area contributed by atoms with Gasteiger partial charge < -0.3 is 10.6 Å². The Morgan fingerprint density at radius 1 is 1.47 bits per heavy atom. The van der Waals surface area contributed by atoms with E-state index in [9.17, 15) is 4.79 Å². The second-order valence-corrected chi connectivity index (χ2v) is 5.75. The molecule has 2 aliphatic carbocycles. The Balaban J connectivity index is 0.000000853. The van der Waals surface area contributed by atoms with Crippen LogP contribution in [-0.4, -0.2) is 25.5 Å². The van der Waals surface area contributed by atoms with Crippen molar-refractivity contribution in [1.82, 2.24) is 10.6 Å². The zero-order valence-electron chi connectivity index (χ0n) is 9.14. The van der Waals surface area contributed by atoms with Crippen molar-refractivity contribution in [1.29, 1.82) is 0 Å². The highest BCUT2D eigenvalue weighted by molar-refractivity contribution is 5.85. The second-order valence-electron chi connectivity index (χ2n) is 5.75. The van der Waals surface area contributed by atoms with Gasteiger partial charge in [-0.05, 0) is 24.7 Å². The fourth-order valence-electron chi connectivity index (χ4n) is 2.37. The van der Waals surface area contributed by atoms with Crippen LogP contribution in [0.1, 0.15) is 26.2 Å². The molecule has 2 saturated carbocycles. The molecule has 1 saturated heterocycles. The van der Waals surface area contributed by atoms with Crippen LogP contribution < -0.4 is 10.6 Å². The monoisotopic (exact) mass is 230 g/mol. The van der Waals surface area contributed by atoms with Gasteiger partial charge in [-0.2, -0.15) is 0 Å². The first-order valence-electron chi connectivity index (χ1n) is 5.62. The molecular weight excluding hydrogens is 212 g/mol. The summed E-state index contributed by atoms with van der Waals surface area (Å²) in [6.07, 6.45) is 3.68. The van der Waals surface area contributed by atoms with Crippen molar-refractivity contribution in [3.63, 3.8) is 0 Å². The lowest BCUT2D eigenvalue weighted by Crippen LogP contribution is -2.47. The van der Waals surface area contributed by atoms with Crippen molar-refractivity contribution in [2.24, 2.45) is 16.7 Å². The molecule has 3 aliphatic rings. The molecule has 15 heavy (non-hydrogen) atoms. The molecule has 0 bridgehead atoms. The molecule has 2 N–H and O–H groups in total. The summed E-state index contributed by atoms with van der Waals surface area (Å²) >= 11 is 0. The molecule has 3 rings (SSSR count). The molecule has 4 heteroatoms. The summed E-state index contributed by atoms with van der Waals surface area (Å²) < 4.78 is 0. The quantitative estimate of drug-likeness (QED) is 0.758. The summed E-state index contributed by atoms with van der Waals surface area (Å²) in [7, 11) is 0. The molecule has 86 valence electrons. The van der Waals surface area contributed by atoms with Gasteiger partial charge in [0.15, 0.2) is 0 Å². The number of amides is 1. The standard InChI is InChI=1S/C11H18N2O.ClH/c1-10(2-3-10)5-13-9(14)8-4-11(8)6-12-7-11;/h8,12H,2-7H2,1H3,(H,13,14);1H. The minimum atomic E-state index is 0.